The van der Waals surface area contributed by atoms with Crippen molar-refractivity contribution in [3.05, 3.63) is 218 Å². The molecular formula is C54H36N2OSi. The largest absolute Gasteiger partial charge is 0.454 e. The third-order valence-corrected chi connectivity index (χ3v) is 15.9. The molecular weight excluding hydrogens is 721 g/mol. The number of benzene rings is 9. The number of rotatable bonds is 6. The van der Waals surface area contributed by atoms with Gasteiger partial charge in [0.2, 0.25) is 0 Å². The van der Waals surface area contributed by atoms with Gasteiger partial charge in [0.05, 0.1) is 56.4 Å². The van der Waals surface area contributed by atoms with Crippen LogP contribution in [0.5, 0.6) is 0 Å². The van der Waals surface area contributed by atoms with E-state index in [0.717, 1.165) is 25.3 Å². The smallest absolute Gasteiger partial charge is 0.179 e. The third-order valence-electron chi connectivity index (χ3n) is 11.1. The lowest BCUT2D eigenvalue weighted by atomic mass is 10.1. The second kappa shape index (κ2) is 12.8. The van der Waals surface area contributed by atoms with Crippen molar-refractivity contribution in [2.24, 2.45) is 0 Å². The highest BCUT2D eigenvalue weighted by Gasteiger charge is 2.41. The molecule has 0 aliphatic carbocycles. The Balaban J connectivity index is 1.32. The first-order chi connectivity index (χ1) is 35.9. The number of furan rings is 1. The van der Waals surface area contributed by atoms with E-state index >= 15 is 0 Å². The first-order valence-corrected chi connectivity index (χ1v) is 20.6. The predicted molar refractivity (Wildman–Crippen MR) is 246 cm³/mol. The second-order valence-electron chi connectivity index (χ2n) is 13.9. The van der Waals surface area contributed by atoms with Crippen LogP contribution in [-0.2, 0) is 0 Å². The summed E-state index contributed by atoms with van der Waals surface area (Å²) < 4.78 is 165. The standard InChI is InChI=1S/C54H36N2OSi/c1-4-18-38(19-5-1)58(39-20-6-2-7-21-39,40-22-8-3-9-23-40)41-34-32-37(33-35-41)55-47-28-14-12-26-44(47)46-36-50(54-52(53(46)55)45-27-13-17-31-51(45)57-54)56-48-29-15-10-24-42(48)43-25-11-16-30-49(43)56/h1-36H/i10D,11D,12D,13D,14D,15D,16D,17D,24D,25D,26D,27D,28D,29D,30D,31D,36D. The Morgan fingerprint density at radius 3 is 1.38 bits per heavy atom. The Morgan fingerprint density at radius 2 is 0.845 bits per heavy atom. The van der Waals surface area contributed by atoms with E-state index in [2.05, 4.69) is 36.4 Å². The number of fused-ring (bicyclic) bond motifs is 10. The molecule has 12 aromatic rings. The van der Waals surface area contributed by atoms with Gasteiger partial charge in [0.25, 0.3) is 0 Å². The molecule has 58 heavy (non-hydrogen) atoms. The molecule has 3 nitrogen and oxygen atoms in total. The molecule has 3 aromatic heterocycles. The van der Waals surface area contributed by atoms with E-state index < -0.39 is 122 Å². The maximum atomic E-state index is 10.4. The summed E-state index contributed by atoms with van der Waals surface area (Å²) >= 11 is 0. The van der Waals surface area contributed by atoms with E-state index in [0.29, 0.717) is 5.69 Å². The molecule has 0 spiro atoms. The number of aromatic nitrogens is 2. The van der Waals surface area contributed by atoms with E-state index in [1.54, 1.807) is 12.1 Å². The fourth-order valence-electron chi connectivity index (χ4n) is 8.73. The van der Waals surface area contributed by atoms with Crippen molar-refractivity contribution in [2.45, 2.75) is 0 Å². The molecule has 272 valence electrons. The average molecular weight is 774 g/mol. The van der Waals surface area contributed by atoms with Crippen molar-refractivity contribution in [1.82, 2.24) is 9.13 Å². The highest BCUT2D eigenvalue weighted by molar-refractivity contribution is 7.19. The Morgan fingerprint density at radius 1 is 0.414 bits per heavy atom. The summed E-state index contributed by atoms with van der Waals surface area (Å²) in [7, 11) is -3.14. The number of hydrogen-bond acceptors (Lipinski definition) is 1. The van der Waals surface area contributed by atoms with Gasteiger partial charge in [0.15, 0.2) is 13.7 Å². The molecule has 0 aliphatic heterocycles. The molecule has 0 amide bonds. The Kier molecular flexibility index (Phi) is 4.45. The van der Waals surface area contributed by atoms with Crippen molar-refractivity contribution in [2.75, 3.05) is 0 Å². The van der Waals surface area contributed by atoms with Crippen LogP contribution in [0.2, 0.25) is 0 Å². The van der Waals surface area contributed by atoms with Crippen molar-refractivity contribution in [3.8, 4) is 11.4 Å². The maximum absolute atomic E-state index is 10.4. The second-order valence-corrected chi connectivity index (χ2v) is 17.8. The fourth-order valence-corrected chi connectivity index (χ4v) is 13.5. The van der Waals surface area contributed by atoms with Crippen molar-refractivity contribution >= 4 is 94.4 Å². The molecule has 0 unspecified atom stereocenters. The summed E-state index contributed by atoms with van der Waals surface area (Å²) in [6.07, 6.45) is 0. The number of para-hydroxylation sites is 4. The van der Waals surface area contributed by atoms with Gasteiger partial charge in [-0.1, -0.05) is 176 Å². The van der Waals surface area contributed by atoms with E-state index in [9.17, 15) is 8.22 Å². The molecule has 0 bridgehead atoms. The first kappa shape index (κ1) is 20.1. The average Bonchev–Trinajstić information content (AvgIpc) is 4.12. The minimum absolute atomic E-state index is 0.0282. The quantitative estimate of drug-likeness (QED) is 0.122. The molecule has 0 saturated heterocycles. The SMILES string of the molecule is [2H]c1c([2H])c([2H])c2c(oc3c(-n4c5c([2H])c([2H])c([2H])c([2H])c5c5c([2H])c([2H])c([2H])c([2H])c54)c([2H])c4c5c([2H])c([2H])c([2H])c([2H])c5n(-c5ccc([Si](c6ccccc6)(c6ccccc6)c6ccccc6)cc5)c4c32)c1[2H]. The van der Waals surface area contributed by atoms with Gasteiger partial charge in [-0.15, -0.1) is 0 Å². The normalized spacial score (nSPS) is 16.2. The highest BCUT2D eigenvalue weighted by atomic mass is 28.3. The first-order valence-electron chi connectivity index (χ1n) is 27.1. The maximum Gasteiger partial charge on any atom is 0.179 e. The summed E-state index contributed by atoms with van der Waals surface area (Å²) in [5.41, 5.74) is -1.79. The van der Waals surface area contributed by atoms with Crippen LogP contribution >= 0.6 is 0 Å². The van der Waals surface area contributed by atoms with Gasteiger partial charge < -0.3 is 13.6 Å². The number of hydrogen-bond donors (Lipinski definition) is 0. The van der Waals surface area contributed by atoms with Gasteiger partial charge in [0, 0.05) is 32.6 Å². The third kappa shape index (κ3) is 4.61. The van der Waals surface area contributed by atoms with Gasteiger partial charge in [-0.3, -0.25) is 0 Å². The van der Waals surface area contributed by atoms with E-state index in [1.165, 1.54) is 4.57 Å². The van der Waals surface area contributed by atoms with Crippen LogP contribution in [0.3, 0.4) is 0 Å². The Hall–Kier alpha value is -7.40. The van der Waals surface area contributed by atoms with Crippen molar-refractivity contribution in [1.29, 1.82) is 0 Å². The molecule has 4 heteroatoms. The van der Waals surface area contributed by atoms with Crippen molar-refractivity contribution < 1.29 is 27.7 Å². The van der Waals surface area contributed by atoms with Crippen LogP contribution in [0, 0.1) is 0 Å². The monoisotopic (exact) mass is 773 g/mol. The summed E-state index contributed by atoms with van der Waals surface area (Å²) in [5.74, 6) is 0. The predicted octanol–water partition coefficient (Wildman–Crippen LogP) is 11.2. The van der Waals surface area contributed by atoms with Crippen LogP contribution in [-0.4, -0.2) is 17.2 Å². The summed E-state index contributed by atoms with van der Waals surface area (Å²) in [6.45, 7) is 0. The topological polar surface area (TPSA) is 23.0 Å². The highest BCUT2D eigenvalue weighted by Crippen LogP contribution is 2.45. The van der Waals surface area contributed by atoms with Crippen molar-refractivity contribution in [3.63, 3.8) is 0 Å². The summed E-state index contributed by atoms with van der Waals surface area (Å²) in [5, 5.41) is 2.83. The zero-order valence-electron chi connectivity index (χ0n) is 47.3. The molecule has 9 aromatic carbocycles. The molecule has 0 radical (unpaired) electrons. The van der Waals surface area contributed by atoms with Crippen LogP contribution in [0.25, 0.3) is 76.9 Å². The minimum atomic E-state index is -3.14. The minimum Gasteiger partial charge on any atom is -0.454 e. The molecule has 3 heterocycles. The van der Waals surface area contributed by atoms with E-state index in [4.69, 9.17) is 19.5 Å². The molecule has 0 atom stereocenters. The van der Waals surface area contributed by atoms with Crippen LogP contribution in [0.4, 0.5) is 0 Å². The van der Waals surface area contributed by atoms with Gasteiger partial charge in [0.1, 0.15) is 5.58 Å². The summed E-state index contributed by atoms with van der Waals surface area (Å²) in [6, 6.07) is 26.9. The van der Waals surface area contributed by atoms with Gasteiger partial charge in [-0.2, -0.15) is 0 Å². The Bertz CT molecular complexity index is 4310. The van der Waals surface area contributed by atoms with Gasteiger partial charge >= 0.3 is 0 Å². The Labute approximate surface area is 360 Å². The van der Waals surface area contributed by atoms with E-state index in [1.807, 2.05) is 66.7 Å². The lowest BCUT2D eigenvalue weighted by Gasteiger charge is -2.34. The molecule has 0 fully saturated rings. The molecule has 0 aliphatic rings. The zero-order chi connectivity index (χ0) is 53.0. The van der Waals surface area contributed by atoms with Crippen LogP contribution < -0.4 is 20.7 Å². The van der Waals surface area contributed by atoms with Crippen LogP contribution in [0.1, 0.15) is 23.3 Å². The lowest BCUT2D eigenvalue weighted by molar-refractivity contribution is 0.666. The van der Waals surface area contributed by atoms with Gasteiger partial charge in [-0.05, 0) is 63.1 Å². The molecule has 12 rings (SSSR count). The number of nitrogens with zero attached hydrogens (tertiary/aromatic N) is 2. The molecule has 0 saturated carbocycles. The summed E-state index contributed by atoms with van der Waals surface area (Å²) in [4.78, 5) is 0. The zero-order valence-corrected chi connectivity index (χ0v) is 31.3. The lowest BCUT2D eigenvalue weighted by Crippen LogP contribution is -2.74. The van der Waals surface area contributed by atoms with Gasteiger partial charge in [-0.25, -0.2) is 0 Å². The van der Waals surface area contributed by atoms with Crippen LogP contribution in [0.15, 0.2) is 222 Å². The fraction of sp³-hybridized carbons (Fsp3) is 0. The molecule has 0 N–H and O–H groups in total. The van der Waals surface area contributed by atoms with E-state index in [-0.39, 0.29) is 60.0 Å².